The summed E-state index contributed by atoms with van der Waals surface area (Å²) in [6, 6.07) is 4.08. The normalized spacial score (nSPS) is 14.5. The third-order valence-corrected chi connectivity index (χ3v) is 3.40. The molecule has 0 bridgehead atoms. The van der Waals surface area contributed by atoms with E-state index in [0.717, 1.165) is 0 Å². The van der Waals surface area contributed by atoms with Crippen molar-refractivity contribution in [2.45, 2.75) is 6.92 Å². The van der Waals surface area contributed by atoms with Crippen LogP contribution < -0.4 is 5.32 Å². The highest BCUT2D eigenvalue weighted by Gasteiger charge is 2.34. The molecule has 22 heavy (non-hydrogen) atoms. The molecule has 1 aromatic rings. The first-order valence-corrected chi connectivity index (χ1v) is 6.72. The fourth-order valence-corrected chi connectivity index (χ4v) is 2.25. The van der Waals surface area contributed by atoms with Crippen LogP contribution in [0.4, 0.5) is 10.1 Å². The molecule has 0 atom stereocenters. The van der Waals surface area contributed by atoms with Crippen LogP contribution in [0.3, 0.4) is 0 Å². The number of ether oxygens (including phenoxy) is 1. The number of esters is 1. The van der Waals surface area contributed by atoms with Crippen LogP contribution in [-0.2, 0) is 14.3 Å². The molecule has 0 spiro atoms. The van der Waals surface area contributed by atoms with Crippen molar-refractivity contribution in [2.75, 3.05) is 32.1 Å². The number of aliphatic hydroxyl groups is 1. The second-order valence-corrected chi connectivity index (χ2v) is 4.88. The Morgan fingerprint density at radius 2 is 2.23 bits per heavy atom. The first-order chi connectivity index (χ1) is 10.5. The Kier molecular flexibility index (Phi) is 4.77. The van der Waals surface area contributed by atoms with E-state index >= 15 is 0 Å². The molecule has 0 saturated heterocycles. The van der Waals surface area contributed by atoms with Gasteiger partial charge in [0.1, 0.15) is 11.5 Å². The fraction of sp³-hybridized carbons (Fsp3) is 0.333. The summed E-state index contributed by atoms with van der Waals surface area (Å²) in [7, 11) is 1.23. The van der Waals surface area contributed by atoms with Gasteiger partial charge in [0, 0.05) is 12.2 Å². The summed E-state index contributed by atoms with van der Waals surface area (Å²) in [5.41, 5.74) is 1.40. The van der Waals surface area contributed by atoms with Gasteiger partial charge in [0.05, 0.1) is 25.8 Å². The van der Waals surface area contributed by atoms with Crippen LogP contribution in [0.2, 0.25) is 0 Å². The lowest BCUT2D eigenvalue weighted by Crippen LogP contribution is -2.31. The summed E-state index contributed by atoms with van der Waals surface area (Å²) in [5.74, 6) is -1.40. The van der Waals surface area contributed by atoms with Crippen LogP contribution in [0.25, 0.3) is 0 Å². The molecule has 2 N–H and O–H groups in total. The van der Waals surface area contributed by atoms with Gasteiger partial charge in [0.15, 0.2) is 0 Å². The van der Waals surface area contributed by atoms with Crippen molar-refractivity contribution in [3.8, 4) is 0 Å². The lowest BCUT2D eigenvalue weighted by molar-refractivity contribution is -0.136. The van der Waals surface area contributed by atoms with Gasteiger partial charge >= 0.3 is 5.97 Å². The molecule has 1 aliphatic rings. The SMILES string of the molecule is COC(=O)C1=C(Nc2ccc(F)cc2C)C(=O)N(CCO)C1. The van der Waals surface area contributed by atoms with E-state index in [2.05, 4.69) is 10.1 Å². The molecule has 7 heteroatoms. The number of carbonyl (C=O) groups excluding carboxylic acids is 2. The highest BCUT2D eigenvalue weighted by Crippen LogP contribution is 2.24. The predicted octanol–water partition coefficient (Wildman–Crippen LogP) is 0.808. The maximum Gasteiger partial charge on any atom is 0.337 e. The first kappa shape index (κ1) is 16.0. The third kappa shape index (κ3) is 3.09. The highest BCUT2D eigenvalue weighted by molar-refractivity contribution is 6.08. The van der Waals surface area contributed by atoms with Crippen molar-refractivity contribution in [3.05, 3.63) is 40.8 Å². The van der Waals surface area contributed by atoms with Gasteiger partial charge in [0.2, 0.25) is 0 Å². The van der Waals surface area contributed by atoms with E-state index in [4.69, 9.17) is 5.11 Å². The van der Waals surface area contributed by atoms with Crippen LogP contribution in [-0.4, -0.2) is 48.7 Å². The number of hydrogen-bond acceptors (Lipinski definition) is 5. The average molecular weight is 308 g/mol. The number of rotatable bonds is 5. The Bertz CT molecular complexity index is 642. The van der Waals surface area contributed by atoms with Crippen LogP contribution in [0, 0.1) is 12.7 Å². The van der Waals surface area contributed by atoms with Crippen molar-refractivity contribution < 1.29 is 23.8 Å². The Morgan fingerprint density at radius 3 is 2.82 bits per heavy atom. The summed E-state index contributed by atoms with van der Waals surface area (Å²) in [4.78, 5) is 25.5. The van der Waals surface area contributed by atoms with Crippen molar-refractivity contribution >= 4 is 17.6 Å². The van der Waals surface area contributed by atoms with Crippen LogP contribution in [0.5, 0.6) is 0 Å². The number of methoxy groups -OCH3 is 1. The molecule has 0 fully saturated rings. The minimum absolute atomic E-state index is 0.0641. The van der Waals surface area contributed by atoms with Gasteiger partial charge in [-0.05, 0) is 30.7 Å². The van der Waals surface area contributed by atoms with E-state index in [9.17, 15) is 14.0 Å². The fourth-order valence-electron chi connectivity index (χ4n) is 2.25. The quantitative estimate of drug-likeness (QED) is 0.787. The van der Waals surface area contributed by atoms with Crippen molar-refractivity contribution in [3.63, 3.8) is 0 Å². The third-order valence-electron chi connectivity index (χ3n) is 3.40. The maximum absolute atomic E-state index is 13.1. The Morgan fingerprint density at radius 1 is 1.50 bits per heavy atom. The summed E-state index contributed by atoms with van der Waals surface area (Å²) in [5, 5.41) is 11.9. The van der Waals surface area contributed by atoms with E-state index in [1.54, 1.807) is 6.92 Å². The highest BCUT2D eigenvalue weighted by atomic mass is 19.1. The number of benzene rings is 1. The second-order valence-electron chi connectivity index (χ2n) is 4.88. The molecule has 0 aromatic heterocycles. The minimum Gasteiger partial charge on any atom is -0.466 e. The monoisotopic (exact) mass is 308 g/mol. The molecule has 118 valence electrons. The van der Waals surface area contributed by atoms with Crippen molar-refractivity contribution in [1.29, 1.82) is 0 Å². The number of carbonyl (C=O) groups is 2. The molecular formula is C15H17FN2O4. The van der Waals surface area contributed by atoms with Crippen molar-refractivity contribution in [2.24, 2.45) is 0 Å². The smallest absolute Gasteiger partial charge is 0.337 e. The van der Waals surface area contributed by atoms with E-state index in [0.29, 0.717) is 11.3 Å². The minimum atomic E-state index is -0.615. The topological polar surface area (TPSA) is 78.9 Å². The average Bonchev–Trinajstić information content (AvgIpc) is 2.79. The molecule has 1 aromatic carbocycles. The standard InChI is InChI=1S/C15H17FN2O4/c1-9-7-10(16)3-4-12(9)17-13-11(15(21)22-2)8-18(5-6-19)14(13)20/h3-4,7,17,19H,5-6,8H2,1-2H3. The number of β-amino-alcohol motifs (C(OH)–C–C–N with tert-alkyl or cyclic N) is 1. The molecule has 1 amide bonds. The molecule has 2 rings (SSSR count). The van der Waals surface area contributed by atoms with Gasteiger partial charge in [-0.1, -0.05) is 0 Å². The number of hydrogen-bond donors (Lipinski definition) is 2. The Hall–Kier alpha value is -2.41. The number of aliphatic hydroxyl groups excluding tert-OH is 1. The number of nitrogens with one attached hydrogen (secondary N) is 1. The molecule has 1 heterocycles. The summed E-state index contributed by atoms with van der Waals surface area (Å²) >= 11 is 0. The summed E-state index contributed by atoms with van der Waals surface area (Å²) in [6.07, 6.45) is 0. The molecule has 6 nitrogen and oxygen atoms in total. The molecule has 0 unspecified atom stereocenters. The first-order valence-electron chi connectivity index (χ1n) is 6.72. The van der Waals surface area contributed by atoms with Gasteiger partial charge in [0.25, 0.3) is 5.91 Å². The number of nitrogens with zero attached hydrogens (tertiary/aromatic N) is 1. The van der Waals surface area contributed by atoms with Crippen molar-refractivity contribution in [1.82, 2.24) is 4.90 Å². The largest absolute Gasteiger partial charge is 0.466 e. The lowest BCUT2D eigenvalue weighted by atomic mass is 10.1. The van der Waals surface area contributed by atoms with E-state index in [1.165, 1.54) is 30.2 Å². The Labute approximate surface area is 127 Å². The molecule has 0 aliphatic carbocycles. The zero-order valence-electron chi connectivity index (χ0n) is 12.4. The number of halogens is 1. The van der Waals surface area contributed by atoms with Crippen LogP contribution in [0.15, 0.2) is 29.5 Å². The lowest BCUT2D eigenvalue weighted by Gasteiger charge is -2.15. The van der Waals surface area contributed by atoms with Crippen LogP contribution >= 0.6 is 0 Å². The number of anilines is 1. The van der Waals surface area contributed by atoms with Crippen LogP contribution in [0.1, 0.15) is 5.56 Å². The van der Waals surface area contributed by atoms with E-state index < -0.39 is 11.9 Å². The van der Waals surface area contributed by atoms with Gasteiger partial charge < -0.3 is 20.1 Å². The van der Waals surface area contributed by atoms with Gasteiger partial charge in [-0.15, -0.1) is 0 Å². The van der Waals surface area contributed by atoms with Gasteiger partial charge in [-0.2, -0.15) is 0 Å². The summed E-state index contributed by atoms with van der Waals surface area (Å²) < 4.78 is 17.8. The number of amides is 1. The van der Waals surface area contributed by atoms with E-state index in [1.807, 2.05) is 0 Å². The molecule has 0 saturated carbocycles. The van der Waals surface area contributed by atoms with E-state index in [-0.39, 0.29) is 36.8 Å². The summed E-state index contributed by atoms with van der Waals surface area (Å²) in [6.45, 7) is 1.67. The number of aryl methyl sites for hydroxylation is 1. The second kappa shape index (κ2) is 6.57. The van der Waals surface area contributed by atoms with Gasteiger partial charge in [-0.3, -0.25) is 4.79 Å². The zero-order chi connectivity index (χ0) is 16.3. The molecular weight excluding hydrogens is 291 g/mol. The molecule has 0 radical (unpaired) electrons. The predicted molar refractivity (Wildman–Crippen MR) is 77.5 cm³/mol. The zero-order valence-corrected chi connectivity index (χ0v) is 12.4. The molecule has 1 aliphatic heterocycles. The Balaban J connectivity index is 2.34. The van der Waals surface area contributed by atoms with Gasteiger partial charge in [-0.25, -0.2) is 9.18 Å². The maximum atomic E-state index is 13.1.